The quantitative estimate of drug-likeness (QED) is 0.0402. The maximum atomic E-state index is 14.2. The molecule has 65 heavy (non-hydrogen) atoms. The molecule has 17 nitrogen and oxygen atoms in total. The van der Waals surface area contributed by atoms with Crippen LogP contribution in [-0.2, 0) is 72.3 Å². The molecule has 5 rings (SSSR count). The summed E-state index contributed by atoms with van der Waals surface area (Å²) in [7, 11) is 1.07. The molecule has 0 radical (unpaired) electrons. The lowest BCUT2D eigenvalue weighted by molar-refractivity contribution is -0.153. The fourth-order valence-corrected chi connectivity index (χ4v) is 5.96. The third-order valence-corrected chi connectivity index (χ3v) is 9.44. The number of hydrogen-bond donors (Lipinski definition) is 4. The van der Waals surface area contributed by atoms with Crippen molar-refractivity contribution in [1.29, 1.82) is 0 Å². The molecule has 0 heterocycles. The highest BCUT2D eigenvalue weighted by Crippen LogP contribution is 2.22. The number of amides is 3. The molecule has 0 fully saturated rings. The van der Waals surface area contributed by atoms with Crippen molar-refractivity contribution in [2.24, 2.45) is 16.0 Å². The van der Waals surface area contributed by atoms with Gasteiger partial charge >= 0.3 is 23.9 Å². The third-order valence-electron chi connectivity index (χ3n) is 9.44. The van der Waals surface area contributed by atoms with Crippen LogP contribution in [0, 0.1) is 0 Å². The molecule has 0 bridgehead atoms. The summed E-state index contributed by atoms with van der Waals surface area (Å²) in [5.41, 5.74) is 9.23. The summed E-state index contributed by atoms with van der Waals surface area (Å²) in [5.74, 6) is -6.57. The molecule has 0 aromatic heterocycles. The molecular formula is C48H48N6O11. The van der Waals surface area contributed by atoms with Gasteiger partial charge in [-0.3, -0.25) is 28.8 Å². The first-order valence-electron chi connectivity index (χ1n) is 20.4. The van der Waals surface area contributed by atoms with Gasteiger partial charge < -0.3 is 40.6 Å². The third kappa shape index (κ3) is 16.3. The standard InChI is InChI=1S/C48H48N6O11/c1-62-48(61)40(28-43(57)65-31-34-18-10-4-11-19-34)51-47(60)44(35-22-24-37(25-23-35)54-53-36-20-12-5-13-21-36)52-46(59)39(27-42(56)64-30-33-16-8-3-9-17-33)50-45(58)38(49)26-41(55)63-29-32-14-6-2-7-15-32/h2-25,38-40,44H,26-31,49H2,1H3,(H,50,58)(H,51,60)(H,52,59)/t38-,39-,40-,44-/m0/s1. The Bertz CT molecular complexity index is 2390. The second-order valence-electron chi connectivity index (χ2n) is 14.4. The van der Waals surface area contributed by atoms with Crippen molar-refractivity contribution < 1.29 is 52.5 Å². The largest absolute Gasteiger partial charge is 0.467 e. The number of benzene rings is 5. The van der Waals surface area contributed by atoms with Crippen LogP contribution in [0.4, 0.5) is 11.4 Å². The minimum atomic E-state index is -1.71. The fourth-order valence-electron chi connectivity index (χ4n) is 5.96. The van der Waals surface area contributed by atoms with Gasteiger partial charge in [0.15, 0.2) is 0 Å². The maximum absolute atomic E-state index is 14.2. The molecular weight excluding hydrogens is 837 g/mol. The molecule has 336 valence electrons. The zero-order chi connectivity index (χ0) is 46.4. The molecule has 0 aliphatic rings. The highest BCUT2D eigenvalue weighted by Gasteiger charge is 2.34. The Kier molecular flexibility index (Phi) is 18.6. The molecule has 0 unspecified atom stereocenters. The zero-order valence-corrected chi connectivity index (χ0v) is 35.4. The van der Waals surface area contributed by atoms with Crippen molar-refractivity contribution in [2.75, 3.05) is 7.11 Å². The second-order valence-corrected chi connectivity index (χ2v) is 14.4. The van der Waals surface area contributed by atoms with Crippen LogP contribution < -0.4 is 21.7 Å². The van der Waals surface area contributed by atoms with E-state index in [1.165, 1.54) is 24.3 Å². The van der Waals surface area contributed by atoms with E-state index in [0.29, 0.717) is 28.1 Å². The van der Waals surface area contributed by atoms with Crippen LogP contribution in [0.2, 0.25) is 0 Å². The summed E-state index contributed by atoms with van der Waals surface area (Å²) < 4.78 is 20.9. The van der Waals surface area contributed by atoms with Gasteiger partial charge in [-0.25, -0.2) is 4.79 Å². The number of rotatable bonds is 22. The van der Waals surface area contributed by atoms with Crippen LogP contribution in [-0.4, -0.2) is 66.8 Å². The van der Waals surface area contributed by atoms with Gasteiger partial charge in [0, 0.05) is 0 Å². The fraction of sp³-hybridized carbons (Fsp3) is 0.229. The number of azo groups is 1. The highest BCUT2D eigenvalue weighted by atomic mass is 16.5. The van der Waals surface area contributed by atoms with Crippen molar-refractivity contribution in [1.82, 2.24) is 16.0 Å². The average Bonchev–Trinajstić information content (AvgIpc) is 3.33. The second kappa shape index (κ2) is 25.2. The van der Waals surface area contributed by atoms with Gasteiger partial charge in [-0.15, -0.1) is 0 Å². The first-order chi connectivity index (χ1) is 31.5. The Balaban J connectivity index is 1.37. The van der Waals surface area contributed by atoms with E-state index in [1.807, 2.05) is 6.07 Å². The number of nitrogens with zero attached hydrogens (tertiary/aromatic N) is 2. The van der Waals surface area contributed by atoms with Crippen molar-refractivity contribution in [2.45, 2.75) is 63.3 Å². The Morgan fingerprint density at radius 1 is 0.477 bits per heavy atom. The minimum absolute atomic E-state index is 0.0711. The molecule has 0 aliphatic heterocycles. The van der Waals surface area contributed by atoms with Crippen molar-refractivity contribution >= 4 is 53.0 Å². The Hall–Kier alpha value is -8.05. The van der Waals surface area contributed by atoms with Crippen molar-refractivity contribution in [3.05, 3.63) is 168 Å². The number of carbonyl (C=O) groups excluding carboxylic acids is 7. The Morgan fingerprint density at radius 3 is 1.34 bits per heavy atom. The van der Waals surface area contributed by atoms with E-state index in [0.717, 1.165) is 7.11 Å². The molecule has 3 amide bonds. The molecule has 0 saturated heterocycles. The predicted octanol–water partition coefficient (Wildman–Crippen LogP) is 5.13. The normalized spacial score (nSPS) is 12.6. The van der Waals surface area contributed by atoms with Gasteiger partial charge in [-0.1, -0.05) is 121 Å². The summed E-state index contributed by atoms with van der Waals surface area (Å²) in [6.45, 7) is -0.331. The van der Waals surface area contributed by atoms with E-state index in [9.17, 15) is 33.6 Å². The van der Waals surface area contributed by atoms with Gasteiger partial charge in [0.05, 0.1) is 43.8 Å². The molecule has 5 aromatic rings. The number of nitrogens with one attached hydrogen (secondary N) is 3. The number of esters is 4. The number of carbonyl (C=O) groups is 7. The van der Waals surface area contributed by atoms with Crippen LogP contribution in [0.3, 0.4) is 0 Å². The lowest BCUT2D eigenvalue weighted by atomic mass is 10.0. The number of hydrogen-bond acceptors (Lipinski definition) is 14. The number of nitrogens with two attached hydrogens (primary N) is 1. The van der Waals surface area contributed by atoms with E-state index in [-0.39, 0.29) is 25.4 Å². The molecule has 0 spiro atoms. The number of methoxy groups -OCH3 is 1. The molecule has 0 aliphatic carbocycles. The Morgan fingerprint density at radius 2 is 0.877 bits per heavy atom. The molecule has 5 aromatic carbocycles. The number of ether oxygens (including phenoxy) is 4. The summed E-state index contributed by atoms with van der Waals surface area (Å²) in [4.78, 5) is 93.6. The highest BCUT2D eigenvalue weighted by molar-refractivity contribution is 5.97. The van der Waals surface area contributed by atoms with Crippen molar-refractivity contribution in [3.63, 3.8) is 0 Å². The van der Waals surface area contributed by atoms with Gasteiger partial charge in [0.25, 0.3) is 0 Å². The van der Waals surface area contributed by atoms with Gasteiger partial charge in [-0.2, -0.15) is 10.2 Å². The first kappa shape index (κ1) is 48.0. The Labute approximate surface area is 374 Å². The van der Waals surface area contributed by atoms with E-state index in [1.54, 1.807) is 115 Å². The topological polar surface area (TPSA) is 243 Å². The summed E-state index contributed by atoms with van der Waals surface area (Å²) in [5, 5.41) is 15.8. The van der Waals surface area contributed by atoms with E-state index >= 15 is 0 Å². The van der Waals surface area contributed by atoms with Gasteiger partial charge in [0.1, 0.15) is 37.9 Å². The molecule has 5 N–H and O–H groups in total. The van der Waals surface area contributed by atoms with Crippen LogP contribution in [0.25, 0.3) is 0 Å². The molecule has 0 saturated carbocycles. The lowest BCUT2D eigenvalue weighted by Crippen LogP contribution is -2.55. The molecule has 4 atom stereocenters. The smallest absolute Gasteiger partial charge is 0.328 e. The zero-order valence-electron chi connectivity index (χ0n) is 35.4. The monoisotopic (exact) mass is 884 g/mol. The van der Waals surface area contributed by atoms with Gasteiger partial charge in [0.2, 0.25) is 17.7 Å². The van der Waals surface area contributed by atoms with Crippen LogP contribution in [0.1, 0.15) is 47.6 Å². The summed E-state index contributed by atoms with van der Waals surface area (Å²) in [6, 6.07) is 34.8. The van der Waals surface area contributed by atoms with Gasteiger partial charge in [-0.05, 0) is 46.5 Å². The van der Waals surface area contributed by atoms with E-state index < -0.39 is 85.0 Å². The summed E-state index contributed by atoms with van der Waals surface area (Å²) in [6.07, 6.45) is -1.95. The maximum Gasteiger partial charge on any atom is 0.328 e. The minimum Gasteiger partial charge on any atom is -0.467 e. The molecule has 17 heteroatoms. The average molecular weight is 885 g/mol. The summed E-state index contributed by atoms with van der Waals surface area (Å²) >= 11 is 0. The van der Waals surface area contributed by atoms with Crippen LogP contribution in [0.5, 0.6) is 0 Å². The van der Waals surface area contributed by atoms with E-state index in [2.05, 4.69) is 26.2 Å². The first-order valence-corrected chi connectivity index (χ1v) is 20.4. The SMILES string of the molecule is COC(=O)[C@H](CC(=O)OCc1ccccc1)NC(=O)[C@@H](NC(=O)[C@H](CC(=O)OCc1ccccc1)NC(=O)[C@@H](N)CC(=O)OCc1ccccc1)c1ccc(N=Nc2ccccc2)cc1. The van der Waals surface area contributed by atoms with E-state index in [4.69, 9.17) is 24.7 Å². The predicted molar refractivity (Wildman–Crippen MR) is 234 cm³/mol. The lowest BCUT2D eigenvalue weighted by Gasteiger charge is -2.25. The van der Waals surface area contributed by atoms with Crippen LogP contribution in [0.15, 0.2) is 156 Å². The van der Waals surface area contributed by atoms with Crippen molar-refractivity contribution in [3.8, 4) is 0 Å². The van der Waals surface area contributed by atoms with Crippen LogP contribution >= 0.6 is 0 Å².